The maximum Gasteiger partial charge on any atom is 0.0918 e. The molecule has 0 aromatic heterocycles. The second-order valence-corrected chi connectivity index (χ2v) is 5.19. The first-order valence-electron chi connectivity index (χ1n) is 5.15. The molecular weight excluding hydrogens is 180 g/mol. The Labute approximate surface area is 84.5 Å². The summed E-state index contributed by atoms with van der Waals surface area (Å²) in [5.41, 5.74) is 0. The number of rotatable bonds is 3. The lowest BCUT2D eigenvalue weighted by Gasteiger charge is -2.16. The molecule has 0 saturated carbocycles. The Morgan fingerprint density at radius 1 is 1.54 bits per heavy atom. The Hall–Kier alpha value is -0.310. The highest BCUT2D eigenvalue weighted by Crippen LogP contribution is 2.33. The fourth-order valence-corrected chi connectivity index (χ4v) is 3.70. The summed E-state index contributed by atoms with van der Waals surface area (Å²) in [6, 6.07) is 1.28. The van der Waals surface area contributed by atoms with E-state index in [-0.39, 0.29) is 0 Å². The third-order valence-electron chi connectivity index (χ3n) is 2.87. The van der Waals surface area contributed by atoms with Crippen LogP contribution >= 0.6 is 11.8 Å². The van der Waals surface area contributed by atoms with Gasteiger partial charge in [0.15, 0.2) is 0 Å². The Kier molecular flexibility index (Phi) is 2.72. The van der Waals surface area contributed by atoms with Gasteiger partial charge in [0.1, 0.15) is 0 Å². The van der Waals surface area contributed by atoms with E-state index in [9.17, 15) is 0 Å². The standard InChI is InChI=1S/C10H18N2S/c1-3-4-5-9-10-8(6-13-9)11-7(2)12-10/h8-12H,2-6H2,1H3/t8-,9-,10-/m0/s1. The molecule has 2 saturated heterocycles. The monoisotopic (exact) mass is 198 g/mol. The Morgan fingerprint density at radius 2 is 2.38 bits per heavy atom. The van der Waals surface area contributed by atoms with Crippen molar-refractivity contribution in [1.29, 1.82) is 0 Å². The zero-order chi connectivity index (χ0) is 9.26. The van der Waals surface area contributed by atoms with Crippen LogP contribution in [0.1, 0.15) is 26.2 Å². The van der Waals surface area contributed by atoms with Gasteiger partial charge < -0.3 is 10.6 Å². The molecule has 2 nitrogen and oxygen atoms in total. The van der Waals surface area contributed by atoms with Crippen molar-refractivity contribution in [2.24, 2.45) is 0 Å². The maximum atomic E-state index is 3.92. The molecule has 0 spiro atoms. The van der Waals surface area contributed by atoms with Gasteiger partial charge in [-0.25, -0.2) is 0 Å². The smallest absolute Gasteiger partial charge is 0.0918 e. The van der Waals surface area contributed by atoms with Gasteiger partial charge in [0.25, 0.3) is 0 Å². The highest BCUT2D eigenvalue weighted by Gasteiger charge is 2.40. The van der Waals surface area contributed by atoms with Gasteiger partial charge in [0, 0.05) is 11.0 Å². The van der Waals surface area contributed by atoms with Crippen molar-refractivity contribution in [1.82, 2.24) is 10.6 Å². The first-order chi connectivity index (χ1) is 6.31. The molecule has 0 radical (unpaired) electrons. The molecule has 0 unspecified atom stereocenters. The summed E-state index contributed by atoms with van der Waals surface area (Å²) in [5, 5.41) is 7.65. The average Bonchev–Trinajstić information content (AvgIpc) is 2.61. The van der Waals surface area contributed by atoms with Crippen LogP contribution in [-0.4, -0.2) is 23.1 Å². The van der Waals surface area contributed by atoms with Crippen LogP contribution in [0.2, 0.25) is 0 Å². The van der Waals surface area contributed by atoms with Crippen molar-refractivity contribution in [3.8, 4) is 0 Å². The van der Waals surface area contributed by atoms with Crippen LogP contribution in [0, 0.1) is 0 Å². The Balaban J connectivity index is 1.89. The molecule has 2 heterocycles. The third kappa shape index (κ3) is 1.80. The van der Waals surface area contributed by atoms with Crippen molar-refractivity contribution in [3.63, 3.8) is 0 Å². The molecular formula is C10H18N2S. The summed E-state index contributed by atoms with van der Waals surface area (Å²) in [7, 11) is 0. The van der Waals surface area contributed by atoms with Crippen molar-refractivity contribution >= 4 is 11.8 Å². The summed E-state index contributed by atoms with van der Waals surface area (Å²) in [6.07, 6.45) is 4.02. The lowest BCUT2D eigenvalue weighted by atomic mass is 10.0. The quantitative estimate of drug-likeness (QED) is 0.721. The van der Waals surface area contributed by atoms with Crippen molar-refractivity contribution in [3.05, 3.63) is 12.4 Å². The first kappa shape index (κ1) is 9.25. The zero-order valence-electron chi connectivity index (χ0n) is 8.18. The van der Waals surface area contributed by atoms with Gasteiger partial charge in [-0.1, -0.05) is 26.3 Å². The fourth-order valence-electron chi connectivity index (χ4n) is 2.15. The SMILES string of the molecule is C=C1N[C@H]2[C@H](CS[C@H]2CCCC)N1. The highest BCUT2D eigenvalue weighted by atomic mass is 32.2. The van der Waals surface area contributed by atoms with Crippen LogP contribution in [0.25, 0.3) is 0 Å². The van der Waals surface area contributed by atoms with E-state index in [1.54, 1.807) is 0 Å². The molecule has 0 aliphatic carbocycles. The number of hydrogen-bond donors (Lipinski definition) is 2. The van der Waals surface area contributed by atoms with Gasteiger partial charge >= 0.3 is 0 Å². The number of unbranched alkanes of at least 4 members (excludes halogenated alkanes) is 1. The lowest BCUT2D eigenvalue weighted by Crippen LogP contribution is -2.36. The second-order valence-electron chi connectivity index (χ2n) is 3.91. The number of nitrogens with one attached hydrogen (secondary N) is 2. The molecule has 2 N–H and O–H groups in total. The molecule has 74 valence electrons. The first-order valence-corrected chi connectivity index (χ1v) is 6.19. The highest BCUT2D eigenvalue weighted by molar-refractivity contribution is 8.00. The molecule has 2 rings (SSSR count). The van der Waals surface area contributed by atoms with Gasteiger partial charge in [-0.15, -0.1) is 0 Å². The van der Waals surface area contributed by atoms with E-state index < -0.39 is 0 Å². The molecule has 3 atom stereocenters. The lowest BCUT2D eigenvalue weighted by molar-refractivity contribution is 0.520. The van der Waals surface area contributed by atoms with E-state index in [1.807, 2.05) is 0 Å². The Bertz CT molecular complexity index is 205. The molecule has 0 aromatic carbocycles. The van der Waals surface area contributed by atoms with E-state index in [1.165, 1.54) is 25.0 Å². The van der Waals surface area contributed by atoms with Crippen LogP contribution < -0.4 is 10.6 Å². The van der Waals surface area contributed by atoms with Gasteiger partial charge in [-0.2, -0.15) is 11.8 Å². The summed E-state index contributed by atoms with van der Waals surface area (Å²) in [6.45, 7) is 6.18. The maximum absolute atomic E-state index is 3.92. The predicted octanol–water partition coefficient (Wildman–Crippen LogP) is 1.69. The Morgan fingerprint density at radius 3 is 3.15 bits per heavy atom. The van der Waals surface area contributed by atoms with Crippen LogP contribution in [0.15, 0.2) is 12.4 Å². The number of hydrogen-bond acceptors (Lipinski definition) is 3. The van der Waals surface area contributed by atoms with Crippen molar-refractivity contribution in [2.75, 3.05) is 5.75 Å². The molecule has 2 fully saturated rings. The van der Waals surface area contributed by atoms with Crippen LogP contribution in [0.5, 0.6) is 0 Å². The van der Waals surface area contributed by atoms with Crippen LogP contribution in [0.3, 0.4) is 0 Å². The normalized spacial score (nSPS) is 37.0. The summed E-state index contributed by atoms with van der Waals surface area (Å²) in [4.78, 5) is 0. The van der Waals surface area contributed by atoms with Gasteiger partial charge in [0.2, 0.25) is 0 Å². The minimum absolute atomic E-state index is 0.638. The largest absolute Gasteiger partial charge is 0.367 e. The van der Waals surface area contributed by atoms with E-state index in [4.69, 9.17) is 0 Å². The summed E-state index contributed by atoms with van der Waals surface area (Å²) >= 11 is 2.11. The van der Waals surface area contributed by atoms with Gasteiger partial charge in [0.05, 0.1) is 17.9 Å². The topological polar surface area (TPSA) is 24.1 Å². The van der Waals surface area contributed by atoms with E-state index in [0.717, 1.165) is 11.1 Å². The molecule has 0 aromatic rings. The molecule has 0 bridgehead atoms. The van der Waals surface area contributed by atoms with Crippen molar-refractivity contribution < 1.29 is 0 Å². The van der Waals surface area contributed by atoms with Gasteiger partial charge in [-0.3, -0.25) is 0 Å². The molecule has 2 aliphatic heterocycles. The average molecular weight is 198 g/mol. The van der Waals surface area contributed by atoms with E-state index >= 15 is 0 Å². The van der Waals surface area contributed by atoms with Crippen LogP contribution in [0.4, 0.5) is 0 Å². The third-order valence-corrected chi connectivity index (χ3v) is 4.38. The van der Waals surface area contributed by atoms with E-state index in [0.29, 0.717) is 12.1 Å². The number of fused-ring (bicyclic) bond motifs is 1. The predicted molar refractivity (Wildman–Crippen MR) is 58.8 cm³/mol. The molecule has 2 aliphatic rings. The fraction of sp³-hybridized carbons (Fsp3) is 0.800. The minimum Gasteiger partial charge on any atom is -0.367 e. The summed E-state index contributed by atoms with van der Waals surface area (Å²) in [5.74, 6) is 2.27. The van der Waals surface area contributed by atoms with Crippen LogP contribution in [-0.2, 0) is 0 Å². The number of thioether (sulfide) groups is 1. The second kappa shape index (κ2) is 3.82. The van der Waals surface area contributed by atoms with Gasteiger partial charge in [-0.05, 0) is 6.42 Å². The molecule has 13 heavy (non-hydrogen) atoms. The minimum atomic E-state index is 0.638. The zero-order valence-corrected chi connectivity index (χ0v) is 8.99. The van der Waals surface area contributed by atoms with Crippen molar-refractivity contribution in [2.45, 2.75) is 43.5 Å². The molecule has 0 amide bonds. The molecule has 3 heteroatoms. The van der Waals surface area contributed by atoms with E-state index in [2.05, 4.69) is 35.9 Å². The summed E-state index contributed by atoms with van der Waals surface area (Å²) < 4.78 is 0.